The number of aromatic nitrogens is 3. The minimum absolute atomic E-state index is 0.832. The van der Waals surface area contributed by atoms with Gasteiger partial charge in [0.2, 0.25) is 0 Å². The van der Waals surface area contributed by atoms with E-state index >= 15 is 0 Å². The van der Waals surface area contributed by atoms with Crippen LogP contribution in [-0.4, -0.2) is 20.7 Å². The van der Waals surface area contributed by atoms with Crippen molar-refractivity contribution in [1.82, 2.24) is 15.0 Å². The summed E-state index contributed by atoms with van der Waals surface area (Å²) >= 11 is 4.06. The van der Waals surface area contributed by atoms with E-state index in [4.69, 9.17) is 0 Å². The minimum atomic E-state index is 0.832. The van der Waals surface area contributed by atoms with Gasteiger partial charge < -0.3 is 0 Å². The average molecular weight is 143 g/mol. The molecule has 0 aliphatic carbocycles. The number of nitrogens with zero attached hydrogens (tertiary/aromatic N) is 3. The summed E-state index contributed by atoms with van der Waals surface area (Å²) in [7, 11) is 1.86. The van der Waals surface area contributed by atoms with Crippen molar-refractivity contribution in [1.29, 1.82) is 0 Å². The monoisotopic (exact) mass is 143 g/mol. The van der Waals surface area contributed by atoms with Gasteiger partial charge in [0.15, 0.2) is 0 Å². The number of hydrogen-bond acceptors (Lipinski definition) is 3. The van der Waals surface area contributed by atoms with Crippen molar-refractivity contribution in [3.8, 4) is 0 Å². The molecule has 0 radical (unpaired) electrons. The van der Waals surface area contributed by atoms with Crippen LogP contribution in [0.1, 0.15) is 5.69 Å². The first-order valence-electron chi connectivity index (χ1n) is 2.79. The van der Waals surface area contributed by atoms with Crippen molar-refractivity contribution < 1.29 is 0 Å². The maximum Gasteiger partial charge on any atom is 0.0835 e. The third kappa shape index (κ3) is 1.71. The van der Waals surface area contributed by atoms with Crippen molar-refractivity contribution in [2.24, 2.45) is 7.05 Å². The van der Waals surface area contributed by atoms with Crippen LogP contribution in [0.4, 0.5) is 0 Å². The zero-order chi connectivity index (χ0) is 6.69. The van der Waals surface area contributed by atoms with E-state index in [9.17, 15) is 0 Å². The highest BCUT2D eigenvalue weighted by molar-refractivity contribution is 7.80. The molecule has 9 heavy (non-hydrogen) atoms. The number of thiol groups is 1. The Labute approximate surface area is 59.5 Å². The largest absolute Gasteiger partial charge is 0.255 e. The van der Waals surface area contributed by atoms with E-state index in [0.717, 1.165) is 17.9 Å². The van der Waals surface area contributed by atoms with Crippen LogP contribution < -0.4 is 0 Å². The first-order chi connectivity index (χ1) is 4.33. The Morgan fingerprint density at radius 2 is 2.56 bits per heavy atom. The molecule has 0 N–H and O–H groups in total. The lowest BCUT2D eigenvalue weighted by Gasteiger charge is -1.83. The third-order valence-electron chi connectivity index (χ3n) is 1.02. The van der Waals surface area contributed by atoms with Crippen molar-refractivity contribution in [2.45, 2.75) is 6.42 Å². The summed E-state index contributed by atoms with van der Waals surface area (Å²) in [5.74, 6) is 0.832. The fraction of sp³-hybridized carbons (Fsp3) is 0.600. The summed E-state index contributed by atoms with van der Waals surface area (Å²) in [5.41, 5.74) is 1.01. The lowest BCUT2D eigenvalue weighted by Crippen LogP contribution is -1.85. The molecular formula is C5H9N3S. The average Bonchev–Trinajstić information content (AvgIpc) is 2.17. The molecule has 0 saturated heterocycles. The van der Waals surface area contributed by atoms with Gasteiger partial charge in [-0.15, -0.1) is 5.10 Å². The summed E-state index contributed by atoms with van der Waals surface area (Å²) in [5, 5.41) is 7.64. The van der Waals surface area contributed by atoms with Crippen LogP contribution in [0.25, 0.3) is 0 Å². The Morgan fingerprint density at radius 1 is 1.78 bits per heavy atom. The normalized spacial score (nSPS) is 10.0. The Balaban J connectivity index is 2.61. The van der Waals surface area contributed by atoms with Crippen molar-refractivity contribution in [3.05, 3.63) is 11.9 Å². The molecule has 0 aliphatic heterocycles. The van der Waals surface area contributed by atoms with E-state index in [1.165, 1.54) is 0 Å². The molecule has 0 aromatic carbocycles. The first-order valence-corrected chi connectivity index (χ1v) is 3.42. The highest BCUT2D eigenvalue weighted by atomic mass is 32.1. The van der Waals surface area contributed by atoms with Crippen LogP contribution in [0, 0.1) is 0 Å². The van der Waals surface area contributed by atoms with E-state index < -0.39 is 0 Å². The van der Waals surface area contributed by atoms with Gasteiger partial charge in [-0.2, -0.15) is 12.6 Å². The van der Waals surface area contributed by atoms with Gasteiger partial charge in [0.25, 0.3) is 0 Å². The van der Waals surface area contributed by atoms with Gasteiger partial charge in [0.05, 0.1) is 5.69 Å². The maximum atomic E-state index is 4.06. The second-order valence-corrected chi connectivity index (χ2v) is 2.30. The van der Waals surface area contributed by atoms with E-state index in [1.807, 2.05) is 13.2 Å². The smallest absolute Gasteiger partial charge is 0.0835 e. The summed E-state index contributed by atoms with van der Waals surface area (Å²) in [6.45, 7) is 0. The minimum Gasteiger partial charge on any atom is -0.255 e. The van der Waals surface area contributed by atoms with Crippen molar-refractivity contribution >= 4 is 12.6 Å². The highest BCUT2D eigenvalue weighted by Gasteiger charge is 1.93. The molecular weight excluding hydrogens is 134 g/mol. The van der Waals surface area contributed by atoms with E-state index in [-0.39, 0.29) is 0 Å². The molecule has 0 atom stereocenters. The maximum absolute atomic E-state index is 4.06. The van der Waals surface area contributed by atoms with Crippen molar-refractivity contribution in [3.63, 3.8) is 0 Å². The molecule has 0 saturated carbocycles. The Kier molecular flexibility index (Phi) is 2.10. The predicted molar refractivity (Wildman–Crippen MR) is 38.6 cm³/mol. The highest BCUT2D eigenvalue weighted by Crippen LogP contribution is 1.92. The second-order valence-electron chi connectivity index (χ2n) is 1.86. The Bertz CT molecular complexity index is 184. The summed E-state index contributed by atoms with van der Waals surface area (Å²) in [6.07, 6.45) is 2.80. The van der Waals surface area contributed by atoms with Crippen molar-refractivity contribution in [2.75, 3.05) is 5.75 Å². The molecule has 0 spiro atoms. The van der Waals surface area contributed by atoms with Crippen LogP contribution in [-0.2, 0) is 13.5 Å². The van der Waals surface area contributed by atoms with Gasteiger partial charge in [-0.3, -0.25) is 4.68 Å². The Morgan fingerprint density at radius 3 is 3.00 bits per heavy atom. The van der Waals surface area contributed by atoms with Crippen LogP contribution in [0.15, 0.2) is 6.20 Å². The molecule has 3 nitrogen and oxygen atoms in total. The third-order valence-corrected chi connectivity index (χ3v) is 1.24. The van der Waals surface area contributed by atoms with Crippen LogP contribution >= 0.6 is 12.6 Å². The fourth-order valence-corrected chi connectivity index (χ4v) is 0.853. The van der Waals surface area contributed by atoms with Gasteiger partial charge >= 0.3 is 0 Å². The SMILES string of the molecule is Cn1cc(CCS)nn1. The molecule has 50 valence electrons. The molecule has 1 aromatic rings. The quantitative estimate of drug-likeness (QED) is 0.603. The van der Waals surface area contributed by atoms with Crippen LogP contribution in [0.5, 0.6) is 0 Å². The topological polar surface area (TPSA) is 30.7 Å². The van der Waals surface area contributed by atoms with E-state index in [1.54, 1.807) is 4.68 Å². The molecule has 0 amide bonds. The molecule has 4 heteroatoms. The molecule has 1 rings (SSSR count). The summed E-state index contributed by atoms with van der Waals surface area (Å²) in [4.78, 5) is 0. The molecule has 0 bridgehead atoms. The second kappa shape index (κ2) is 2.87. The lowest BCUT2D eigenvalue weighted by atomic mass is 10.4. The zero-order valence-electron chi connectivity index (χ0n) is 5.28. The number of rotatable bonds is 2. The predicted octanol–water partition coefficient (Wildman–Crippen LogP) is 0.287. The standard InChI is InChI=1S/C5H9N3S/c1-8-4-5(2-3-9)6-7-8/h4,9H,2-3H2,1H3. The molecule has 0 aliphatic rings. The zero-order valence-corrected chi connectivity index (χ0v) is 6.17. The van der Waals surface area contributed by atoms with Crippen LogP contribution in [0.2, 0.25) is 0 Å². The van der Waals surface area contributed by atoms with E-state index in [0.29, 0.717) is 0 Å². The van der Waals surface area contributed by atoms with Gasteiger partial charge in [-0.05, 0) is 5.75 Å². The van der Waals surface area contributed by atoms with Gasteiger partial charge in [0.1, 0.15) is 0 Å². The summed E-state index contributed by atoms with van der Waals surface area (Å²) < 4.78 is 1.69. The molecule has 1 aromatic heterocycles. The molecule has 1 heterocycles. The number of aryl methyl sites for hydroxylation is 2. The number of hydrogen-bond donors (Lipinski definition) is 1. The summed E-state index contributed by atoms with van der Waals surface area (Å²) in [6, 6.07) is 0. The fourth-order valence-electron chi connectivity index (χ4n) is 0.624. The Hall–Kier alpha value is -0.510. The molecule has 0 fully saturated rings. The van der Waals surface area contributed by atoms with Gasteiger partial charge in [0, 0.05) is 19.7 Å². The van der Waals surface area contributed by atoms with E-state index in [2.05, 4.69) is 22.9 Å². The van der Waals surface area contributed by atoms with Gasteiger partial charge in [-0.25, -0.2) is 0 Å². The first kappa shape index (κ1) is 6.61. The lowest BCUT2D eigenvalue weighted by molar-refractivity contribution is 0.713. The van der Waals surface area contributed by atoms with Gasteiger partial charge in [-0.1, -0.05) is 5.21 Å². The van der Waals surface area contributed by atoms with Crippen LogP contribution in [0.3, 0.4) is 0 Å². The molecule has 0 unspecified atom stereocenters.